The molecule has 0 aliphatic heterocycles. The summed E-state index contributed by atoms with van der Waals surface area (Å²) in [5.41, 5.74) is 0. The van der Waals surface area contributed by atoms with Crippen LogP contribution in [-0.4, -0.2) is 51.7 Å². The van der Waals surface area contributed by atoms with Crippen molar-refractivity contribution in [3.63, 3.8) is 0 Å². The van der Waals surface area contributed by atoms with Gasteiger partial charge in [-0.1, -0.05) is 6.92 Å². The first-order chi connectivity index (χ1) is 4.04. The summed E-state index contributed by atoms with van der Waals surface area (Å²) >= 11 is 0. The average Bonchev–Trinajstić information content (AvgIpc) is 1.63. The molecule has 0 fully saturated rings. The van der Waals surface area contributed by atoms with E-state index in [0.29, 0.717) is 0 Å². The van der Waals surface area contributed by atoms with E-state index in [2.05, 4.69) is 0 Å². The van der Waals surface area contributed by atoms with Gasteiger partial charge in [-0.15, -0.1) is 0 Å². The summed E-state index contributed by atoms with van der Waals surface area (Å²) in [5, 5.41) is 16.2. The number of carboxylic acids is 2. The van der Waals surface area contributed by atoms with Crippen LogP contribution in [0.3, 0.4) is 0 Å². The Bertz CT molecular complexity index is 134. The molecule has 0 aliphatic rings. The van der Waals surface area contributed by atoms with Crippen molar-refractivity contribution in [3.8, 4) is 0 Å². The van der Waals surface area contributed by atoms with Crippen LogP contribution >= 0.6 is 0 Å². The number of rotatable bonds is 3. The van der Waals surface area contributed by atoms with E-state index in [0.717, 1.165) is 0 Å². The second-order valence-corrected chi connectivity index (χ2v) is 1.84. The van der Waals surface area contributed by atoms with Crippen LogP contribution in [0.4, 0.5) is 0 Å². The summed E-state index contributed by atoms with van der Waals surface area (Å²) in [6.07, 6.45) is -0.310. The van der Waals surface area contributed by atoms with Gasteiger partial charge < -0.3 is 10.2 Å². The molecule has 0 aliphatic carbocycles. The molecular formula is C5H9NaO4. The first-order valence-electron chi connectivity index (χ1n) is 2.48. The Kier molecular flexibility index (Phi) is 7.19. The van der Waals surface area contributed by atoms with E-state index in [1.807, 2.05) is 0 Å². The summed E-state index contributed by atoms with van der Waals surface area (Å²) < 4.78 is 0. The molecule has 0 rings (SSSR count). The fraction of sp³-hybridized carbons (Fsp3) is 0.600. The standard InChI is InChI=1S/C5H8O4.Na.H/c1-3(5(8)9)2-4(6)7;;/h3H,2H2,1H3,(H,6,7)(H,8,9);;. The summed E-state index contributed by atoms with van der Waals surface area (Å²) in [4.78, 5) is 19.8. The van der Waals surface area contributed by atoms with Crippen molar-refractivity contribution in [2.45, 2.75) is 13.3 Å². The van der Waals surface area contributed by atoms with Crippen molar-refractivity contribution in [2.75, 3.05) is 0 Å². The van der Waals surface area contributed by atoms with Crippen LogP contribution in [-0.2, 0) is 9.59 Å². The van der Waals surface area contributed by atoms with E-state index in [9.17, 15) is 9.59 Å². The molecule has 0 spiro atoms. The van der Waals surface area contributed by atoms with Crippen LogP contribution in [0.15, 0.2) is 0 Å². The van der Waals surface area contributed by atoms with Gasteiger partial charge >= 0.3 is 41.5 Å². The third kappa shape index (κ3) is 6.07. The molecule has 2 N–H and O–H groups in total. The Labute approximate surface area is 80.5 Å². The van der Waals surface area contributed by atoms with E-state index in [1.165, 1.54) is 6.92 Å². The van der Waals surface area contributed by atoms with E-state index >= 15 is 0 Å². The third-order valence-electron chi connectivity index (χ3n) is 0.902. The molecule has 10 heavy (non-hydrogen) atoms. The predicted octanol–water partition coefficient (Wildman–Crippen LogP) is -0.467. The molecule has 0 saturated carbocycles. The molecule has 54 valence electrons. The maximum absolute atomic E-state index is 9.97. The Morgan fingerprint density at radius 1 is 1.40 bits per heavy atom. The van der Waals surface area contributed by atoms with E-state index in [1.54, 1.807) is 0 Å². The molecule has 0 heterocycles. The van der Waals surface area contributed by atoms with Gasteiger partial charge in [0.05, 0.1) is 12.3 Å². The molecule has 0 radical (unpaired) electrons. The van der Waals surface area contributed by atoms with Crippen LogP contribution < -0.4 is 0 Å². The molecule has 0 saturated heterocycles. The number of carbonyl (C=O) groups is 2. The van der Waals surface area contributed by atoms with Gasteiger partial charge in [-0.25, -0.2) is 0 Å². The number of aliphatic carboxylic acids is 2. The number of carboxylic acid groups (broad SMARTS) is 2. The summed E-state index contributed by atoms with van der Waals surface area (Å²) in [6, 6.07) is 0. The van der Waals surface area contributed by atoms with Crippen LogP contribution in [0.2, 0.25) is 0 Å². The fourth-order valence-electron chi connectivity index (χ4n) is 0.349. The van der Waals surface area contributed by atoms with Crippen molar-refractivity contribution < 1.29 is 19.8 Å². The Hall–Kier alpha value is -0.0600. The Balaban J connectivity index is 0. The zero-order valence-corrected chi connectivity index (χ0v) is 5.00. The monoisotopic (exact) mass is 156 g/mol. The van der Waals surface area contributed by atoms with Gasteiger partial charge in [-0.3, -0.25) is 9.59 Å². The van der Waals surface area contributed by atoms with Gasteiger partial charge in [0.15, 0.2) is 0 Å². The Morgan fingerprint density at radius 3 is 1.90 bits per heavy atom. The average molecular weight is 156 g/mol. The first kappa shape index (κ1) is 12.6. The molecular weight excluding hydrogens is 147 g/mol. The van der Waals surface area contributed by atoms with Crippen molar-refractivity contribution in [1.29, 1.82) is 0 Å². The molecule has 1 unspecified atom stereocenters. The fourth-order valence-corrected chi connectivity index (χ4v) is 0.349. The SMILES string of the molecule is CC(CC(=O)O)C(=O)O.[NaH]. The van der Waals surface area contributed by atoms with Crippen molar-refractivity contribution in [1.82, 2.24) is 0 Å². The quantitative estimate of drug-likeness (QED) is 0.542. The Morgan fingerprint density at radius 2 is 1.80 bits per heavy atom. The van der Waals surface area contributed by atoms with E-state index < -0.39 is 17.9 Å². The number of hydrogen-bond donors (Lipinski definition) is 2. The second kappa shape index (κ2) is 5.70. The molecule has 0 aromatic rings. The van der Waals surface area contributed by atoms with Gasteiger partial charge in [-0.2, -0.15) is 0 Å². The van der Waals surface area contributed by atoms with E-state index in [4.69, 9.17) is 10.2 Å². The van der Waals surface area contributed by atoms with Gasteiger partial charge in [0.25, 0.3) is 0 Å². The zero-order valence-electron chi connectivity index (χ0n) is 5.00. The zero-order chi connectivity index (χ0) is 7.44. The summed E-state index contributed by atoms with van der Waals surface area (Å²) in [7, 11) is 0. The minimum atomic E-state index is -1.08. The number of hydrogen-bond acceptors (Lipinski definition) is 2. The van der Waals surface area contributed by atoms with Crippen LogP contribution in [0, 0.1) is 5.92 Å². The van der Waals surface area contributed by atoms with Crippen molar-refractivity contribution in [3.05, 3.63) is 0 Å². The minimum absolute atomic E-state index is 0. The van der Waals surface area contributed by atoms with Crippen molar-refractivity contribution in [2.24, 2.45) is 5.92 Å². The van der Waals surface area contributed by atoms with Crippen LogP contribution in [0.1, 0.15) is 13.3 Å². The van der Waals surface area contributed by atoms with Gasteiger partial charge in [0.1, 0.15) is 0 Å². The molecule has 5 heteroatoms. The van der Waals surface area contributed by atoms with Crippen LogP contribution in [0.25, 0.3) is 0 Å². The topological polar surface area (TPSA) is 74.6 Å². The van der Waals surface area contributed by atoms with Gasteiger partial charge in [0.2, 0.25) is 0 Å². The molecule has 4 nitrogen and oxygen atoms in total. The summed E-state index contributed by atoms with van der Waals surface area (Å²) in [5.74, 6) is -2.94. The second-order valence-electron chi connectivity index (χ2n) is 1.84. The summed E-state index contributed by atoms with van der Waals surface area (Å²) in [6.45, 7) is 1.36. The maximum atomic E-state index is 9.97. The molecule has 0 aromatic heterocycles. The van der Waals surface area contributed by atoms with Gasteiger partial charge in [0, 0.05) is 0 Å². The molecule has 0 aromatic carbocycles. The third-order valence-corrected chi connectivity index (χ3v) is 0.902. The first-order valence-corrected chi connectivity index (χ1v) is 2.48. The van der Waals surface area contributed by atoms with Gasteiger partial charge in [-0.05, 0) is 0 Å². The molecule has 1 atom stereocenters. The van der Waals surface area contributed by atoms with E-state index in [-0.39, 0.29) is 36.0 Å². The predicted molar refractivity (Wildman–Crippen MR) is 36.2 cm³/mol. The molecule has 0 bridgehead atoms. The van der Waals surface area contributed by atoms with Crippen molar-refractivity contribution >= 4 is 41.5 Å². The normalized spacial score (nSPS) is 11.3. The van der Waals surface area contributed by atoms with Crippen LogP contribution in [0.5, 0.6) is 0 Å². The molecule has 0 amide bonds.